The first kappa shape index (κ1) is 29.0. The molecule has 0 aliphatic carbocycles. The van der Waals surface area contributed by atoms with Crippen molar-refractivity contribution >= 4 is 17.7 Å². The summed E-state index contributed by atoms with van der Waals surface area (Å²) in [5.41, 5.74) is 3.94. The van der Waals surface area contributed by atoms with Crippen LogP contribution in [0.3, 0.4) is 0 Å². The van der Waals surface area contributed by atoms with E-state index in [0.717, 1.165) is 22.4 Å². The first-order chi connectivity index (χ1) is 18.0. The van der Waals surface area contributed by atoms with E-state index in [9.17, 15) is 14.7 Å². The molecule has 8 heteroatoms. The van der Waals surface area contributed by atoms with Gasteiger partial charge in [-0.3, -0.25) is 4.79 Å². The van der Waals surface area contributed by atoms with Gasteiger partial charge in [0.05, 0.1) is 18.7 Å². The number of carboxylic acid groups (broad SMARTS) is 1. The highest BCUT2D eigenvalue weighted by Crippen LogP contribution is 2.32. The summed E-state index contributed by atoms with van der Waals surface area (Å²) in [6.45, 7) is 12.3. The Morgan fingerprint density at radius 3 is 2.42 bits per heavy atom. The lowest BCUT2D eigenvalue weighted by atomic mass is 9.84. The maximum Gasteiger partial charge on any atom is 0.407 e. The van der Waals surface area contributed by atoms with Gasteiger partial charge in [-0.1, -0.05) is 71.0 Å². The van der Waals surface area contributed by atoms with Crippen LogP contribution >= 0.6 is 0 Å². The molecule has 204 valence electrons. The average molecular weight is 521 g/mol. The fourth-order valence-corrected chi connectivity index (χ4v) is 4.88. The number of rotatable bonds is 9. The molecule has 2 aromatic carbocycles. The molecule has 2 aromatic rings. The number of carbonyl (C=O) groups is 2. The lowest BCUT2D eigenvalue weighted by Crippen LogP contribution is -2.59. The van der Waals surface area contributed by atoms with Crippen molar-refractivity contribution in [2.24, 2.45) is 11.3 Å². The molecular formula is C30H40N4O4. The molecule has 3 rings (SSSR count). The molecule has 2 atom stereocenters. The molecule has 2 amide bonds. The van der Waals surface area contributed by atoms with Gasteiger partial charge in [0.15, 0.2) is 0 Å². The minimum absolute atomic E-state index is 0.0401. The van der Waals surface area contributed by atoms with E-state index in [4.69, 9.17) is 10.00 Å². The van der Waals surface area contributed by atoms with Crippen LogP contribution < -0.4 is 10.2 Å². The molecule has 1 fully saturated rings. The zero-order valence-electron chi connectivity index (χ0n) is 23.1. The summed E-state index contributed by atoms with van der Waals surface area (Å²) in [4.78, 5) is 28.1. The van der Waals surface area contributed by atoms with E-state index in [0.29, 0.717) is 26.1 Å². The highest BCUT2D eigenvalue weighted by molar-refractivity contribution is 5.81. The second-order valence-electron chi connectivity index (χ2n) is 11.3. The normalized spacial score (nSPS) is 16.7. The third-order valence-corrected chi connectivity index (χ3v) is 6.95. The van der Waals surface area contributed by atoms with Crippen molar-refractivity contribution in [1.82, 2.24) is 10.2 Å². The van der Waals surface area contributed by atoms with Crippen molar-refractivity contribution in [3.63, 3.8) is 0 Å². The summed E-state index contributed by atoms with van der Waals surface area (Å²) < 4.78 is 6.07. The monoisotopic (exact) mass is 520 g/mol. The van der Waals surface area contributed by atoms with Crippen LogP contribution in [0.1, 0.15) is 46.6 Å². The molecule has 2 N–H and O–H groups in total. The molecule has 1 saturated heterocycles. The Hall–Kier alpha value is -3.57. The molecular weight excluding hydrogens is 480 g/mol. The number of carbonyl (C=O) groups excluding carboxylic acids is 1. The van der Waals surface area contributed by atoms with Crippen LogP contribution in [-0.4, -0.2) is 60.3 Å². The minimum atomic E-state index is -0.864. The van der Waals surface area contributed by atoms with Crippen LogP contribution in [-0.2, 0) is 16.1 Å². The number of nitrogens with zero attached hydrogens (tertiary/aromatic N) is 3. The Labute approximate surface area is 226 Å². The van der Waals surface area contributed by atoms with E-state index in [1.165, 1.54) is 0 Å². The Balaban J connectivity index is 1.75. The number of hydrogen-bond acceptors (Lipinski definition) is 5. The van der Waals surface area contributed by atoms with Gasteiger partial charge >= 0.3 is 6.09 Å². The first-order valence-electron chi connectivity index (χ1n) is 13.2. The number of nitriles is 1. The molecule has 1 aliphatic rings. The third-order valence-electron chi connectivity index (χ3n) is 6.95. The number of piperazine rings is 1. The van der Waals surface area contributed by atoms with Crippen molar-refractivity contribution in [1.29, 1.82) is 5.26 Å². The number of ether oxygens (including phenoxy) is 1. The fraction of sp³-hybridized carbons (Fsp3) is 0.500. The molecule has 0 spiro atoms. The molecule has 0 aromatic heterocycles. The SMILES string of the molecule is CC(C)CC(OCc1ccccc1-c1ccc(N2CCN(C(=O)O)C(C(C)(C)C)C2)cc1)C(=O)NCC#N. The zero-order chi connectivity index (χ0) is 27.9. The summed E-state index contributed by atoms with van der Waals surface area (Å²) in [5.74, 6) is 0.00418. The van der Waals surface area contributed by atoms with Gasteiger partial charge < -0.3 is 25.0 Å². The summed E-state index contributed by atoms with van der Waals surface area (Å²) in [6, 6.07) is 18.1. The molecule has 0 saturated carbocycles. The zero-order valence-corrected chi connectivity index (χ0v) is 23.1. The largest absolute Gasteiger partial charge is 0.465 e. The molecule has 0 bridgehead atoms. The Bertz CT molecular complexity index is 1130. The lowest BCUT2D eigenvalue weighted by Gasteiger charge is -2.46. The van der Waals surface area contributed by atoms with Crippen LogP contribution in [0.25, 0.3) is 11.1 Å². The second-order valence-corrected chi connectivity index (χ2v) is 11.3. The molecule has 1 heterocycles. The highest BCUT2D eigenvalue weighted by atomic mass is 16.5. The highest BCUT2D eigenvalue weighted by Gasteiger charge is 2.38. The number of anilines is 1. The van der Waals surface area contributed by atoms with Gasteiger partial charge in [0.25, 0.3) is 0 Å². The van der Waals surface area contributed by atoms with E-state index in [2.05, 4.69) is 55.3 Å². The van der Waals surface area contributed by atoms with Crippen LogP contribution in [0.4, 0.5) is 10.5 Å². The van der Waals surface area contributed by atoms with Crippen LogP contribution in [0.2, 0.25) is 0 Å². The number of amides is 2. The predicted molar refractivity (Wildman–Crippen MR) is 149 cm³/mol. The standard InChI is InChI=1S/C30H40N4O4/c1-21(2)18-26(28(35)32-15-14-31)38-20-23-8-6-7-9-25(23)22-10-12-24(13-11-22)33-16-17-34(29(36)37)27(19-33)30(3,4)5/h6-13,21,26-27H,15-20H2,1-5H3,(H,32,35)(H,36,37). The first-order valence-corrected chi connectivity index (χ1v) is 13.2. The molecule has 0 radical (unpaired) electrons. The summed E-state index contributed by atoms with van der Waals surface area (Å²) >= 11 is 0. The summed E-state index contributed by atoms with van der Waals surface area (Å²) in [5, 5.41) is 21.1. The van der Waals surface area contributed by atoms with Crippen molar-refractivity contribution < 1.29 is 19.4 Å². The number of hydrogen-bond donors (Lipinski definition) is 2. The van der Waals surface area contributed by atoms with Gasteiger partial charge in [0.2, 0.25) is 5.91 Å². The predicted octanol–water partition coefficient (Wildman–Crippen LogP) is 5.14. The van der Waals surface area contributed by atoms with Gasteiger partial charge in [-0.15, -0.1) is 0 Å². The number of benzene rings is 2. The van der Waals surface area contributed by atoms with E-state index in [1.807, 2.05) is 44.2 Å². The van der Waals surface area contributed by atoms with Gasteiger partial charge in [-0.25, -0.2) is 4.79 Å². The molecule has 2 unspecified atom stereocenters. The minimum Gasteiger partial charge on any atom is -0.465 e. The van der Waals surface area contributed by atoms with Crippen molar-refractivity contribution in [3.05, 3.63) is 54.1 Å². The lowest BCUT2D eigenvalue weighted by molar-refractivity contribution is -0.134. The Kier molecular flexibility index (Phi) is 9.76. The van der Waals surface area contributed by atoms with Crippen LogP contribution in [0.15, 0.2) is 48.5 Å². The van der Waals surface area contributed by atoms with Gasteiger partial charge in [0, 0.05) is 25.3 Å². The maximum atomic E-state index is 12.5. The van der Waals surface area contributed by atoms with Crippen molar-refractivity contribution in [2.75, 3.05) is 31.1 Å². The van der Waals surface area contributed by atoms with Gasteiger partial charge in [-0.2, -0.15) is 5.26 Å². The molecule has 1 aliphatic heterocycles. The van der Waals surface area contributed by atoms with Gasteiger partial charge in [-0.05, 0) is 46.6 Å². The quantitative estimate of drug-likeness (QED) is 0.444. The molecule has 38 heavy (non-hydrogen) atoms. The Morgan fingerprint density at radius 1 is 1.13 bits per heavy atom. The van der Waals surface area contributed by atoms with E-state index in [-0.39, 0.29) is 36.4 Å². The van der Waals surface area contributed by atoms with Crippen LogP contribution in [0.5, 0.6) is 0 Å². The van der Waals surface area contributed by atoms with Crippen molar-refractivity contribution in [2.45, 2.75) is 59.8 Å². The fourth-order valence-electron chi connectivity index (χ4n) is 4.88. The van der Waals surface area contributed by atoms with Crippen LogP contribution in [0, 0.1) is 22.7 Å². The summed E-state index contributed by atoms with van der Waals surface area (Å²) in [7, 11) is 0. The smallest absolute Gasteiger partial charge is 0.407 e. The second kappa shape index (κ2) is 12.8. The van der Waals surface area contributed by atoms with Crippen molar-refractivity contribution in [3.8, 4) is 17.2 Å². The average Bonchev–Trinajstić information content (AvgIpc) is 2.88. The Morgan fingerprint density at radius 2 is 1.82 bits per heavy atom. The third kappa shape index (κ3) is 7.48. The van der Waals surface area contributed by atoms with E-state index in [1.54, 1.807) is 4.90 Å². The maximum absolute atomic E-state index is 12.5. The summed E-state index contributed by atoms with van der Waals surface area (Å²) in [6.07, 6.45) is -0.922. The van der Waals surface area contributed by atoms with E-state index >= 15 is 0 Å². The topological polar surface area (TPSA) is 106 Å². The molecule has 8 nitrogen and oxygen atoms in total. The number of nitrogens with one attached hydrogen (secondary N) is 1. The van der Waals surface area contributed by atoms with E-state index < -0.39 is 12.2 Å². The van der Waals surface area contributed by atoms with Gasteiger partial charge in [0.1, 0.15) is 12.6 Å².